The molecule has 1 rings (SSSR count). The number of hydrogen-bond donors (Lipinski definition) is 1. The second kappa shape index (κ2) is 8.77. The summed E-state index contributed by atoms with van der Waals surface area (Å²) in [4.78, 5) is 2.60. The third kappa shape index (κ3) is 4.98. The van der Waals surface area contributed by atoms with Crippen molar-refractivity contribution in [2.45, 2.75) is 59.5 Å². The smallest absolute Gasteiger partial charge is 0.0476 e. The van der Waals surface area contributed by atoms with Gasteiger partial charge in [0, 0.05) is 30.2 Å². The van der Waals surface area contributed by atoms with Crippen molar-refractivity contribution in [3.05, 3.63) is 34.3 Å². The topological polar surface area (TPSA) is 29.3 Å². The zero-order chi connectivity index (χ0) is 16.0. The van der Waals surface area contributed by atoms with E-state index in [4.69, 9.17) is 17.3 Å². The van der Waals surface area contributed by atoms with Gasteiger partial charge in [-0.05, 0) is 48.9 Å². The van der Waals surface area contributed by atoms with E-state index >= 15 is 0 Å². The highest BCUT2D eigenvalue weighted by molar-refractivity contribution is 6.30. The summed E-state index contributed by atoms with van der Waals surface area (Å²) < 4.78 is 0. The van der Waals surface area contributed by atoms with Gasteiger partial charge in [0.15, 0.2) is 0 Å². The van der Waals surface area contributed by atoms with Gasteiger partial charge in [-0.2, -0.15) is 0 Å². The highest BCUT2D eigenvalue weighted by Crippen LogP contribution is 2.29. The molecule has 0 aliphatic rings. The minimum absolute atomic E-state index is 0.273. The van der Waals surface area contributed by atoms with Crippen LogP contribution in [0.5, 0.6) is 0 Å². The molecular formula is C18H31ClN2. The van der Waals surface area contributed by atoms with Gasteiger partial charge in [0.2, 0.25) is 0 Å². The van der Waals surface area contributed by atoms with Crippen LogP contribution in [0.15, 0.2) is 18.2 Å². The average molecular weight is 311 g/mol. The number of rotatable bonds is 8. The van der Waals surface area contributed by atoms with E-state index in [1.807, 2.05) is 12.1 Å². The molecule has 2 nitrogen and oxygen atoms in total. The molecule has 0 fully saturated rings. The Hall–Kier alpha value is -0.570. The van der Waals surface area contributed by atoms with Gasteiger partial charge in [0.25, 0.3) is 0 Å². The van der Waals surface area contributed by atoms with E-state index < -0.39 is 0 Å². The van der Waals surface area contributed by atoms with Gasteiger partial charge in [0.05, 0.1) is 0 Å². The first kappa shape index (κ1) is 18.5. The molecule has 1 aromatic rings. The first-order valence-corrected chi connectivity index (χ1v) is 8.54. The van der Waals surface area contributed by atoms with Gasteiger partial charge in [-0.25, -0.2) is 0 Å². The highest BCUT2D eigenvalue weighted by atomic mass is 35.5. The van der Waals surface area contributed by atoms with E-state index in [1.165, 1.54) is 11.1 Å². The van der Waals surface area contributed by atoms with E-state index in [2.05, 4.69) is 45.6 Å². The van der Waals surface area contributed by atoms with Gasteiger partial charge in [-0.3, -0.25) is 4.90 Å². The molecule has 2 N–H and O–H groups in total. The van der Waals surface area contributed by atoms with Crippen molar-refractivity contribution < 1.29 is 0 Å². The molecule has 0 heterocycles. The van der Waals surface area contributed by atoms with E-state index in [0.29, 0.717) is 18.5 Å². The molecule has 21 heavy (non-hydrogen) atoms. The lowest BCUT2D eigenvalue weighted by Gasteiger charge is -2.39. The van der Waals surface area contributed by atoms with Crippen LogP contribution in [-0.2, 0) is 0 Å². The van der Waals surface area contributed by atoms with Crippen LogP contribution >= 0.6 is 11.6 Å². The monoisotopic (exact) mass is 310 g/mol. The van der Waals surface area contributed by atoms with Crippen LogP contribution in [0.4, 0.5) is 0 Å². The van der Waals surface area contributed by atoms with Gasteiger partial charge in [-0.15, -0.1) is 0 Å². The molecule has 0 bridgehead atoms. The molecule has 0 saturated carbocycles. The Morgan fingerprint density at radius 1 is 1.19 bits per heavy atom. The van der Waals surface area contributed by atoms with Crippen LogP contribution in [0.25, 0.3) is 0 Å². The zero-order valence-electron chi connectivity index (χ0n) is 14.2. The standard InChI is InChI=1S/C18H31ClN2/c1-6-16(7-2)21(12-13(3)4)18(11-20)17-9-8-15(19)10-14(17)5/h8-10,13,16,18H,6-7,11-12,20H2,1-5H3. The third-order valence-corrected chi connectivity index (χ3v) is 4.44. The van der Waals surface area contributed by atoms with Gasteiger partial charge in [-0.1, -0.05) is 45.4 Å². The van der Waals surface area contributed by atoms with Crippen LogP contribution in [0, 0.1) is 12.8 Å². The van der Waals surface area contributed by atoms with Crippen LogP contribution in [0.2, 0.25) is 5.02 Å². The third-order valence-electron chi connectivity index (χ3n) is 4.20. The maximum Gasteiger partial charge on any atom is 0.0476 e. The molecule has 0 aromatic heterocycles. The van der Waals surface area contributed by atoms with Crippen molar-refractivity contribution in [2.24, 2.45) is 11.7 Å². The van der Waals surface area contributed by atoms with E-state index in [-0.39, 0.29) is 6.04 Å². The second-order valence-electron chi connectivity index (χ2n) is 6.31. The van der Waals surface area contributed by atoms with Crippen LogP contribution in [0.1, 0.15) is 57.7 Å². The fourth-order valence-electron chi connectivity index (χ4n) is 3.16. The fraction of sp³-hybridized carbons (Fsp3) is 0.667. The Morgan fingerprint density at radius 3 is 2.24 bits per heavy atom. The number of nitrogens with two attached hydrogens (primary N) is 1. The molecule has 1 aromatic carbocycles. The minimum atomic E-state index is 0.273. The Bertz CT molecular complexity index is 427. The molecule has 120 valence electrons. The maximum atomic E-state index is 6.16. The lowest BCUT2D eigenvalue weighted by atomic mass is 9.96. The second-order valence-corrected chi connectivity index (χ2v) is 6.75. The van der Waals surface area contributed by atoms with Crippen LogP contribution in [-0.4, -0.2) is 24.0 Å². The van der Waals surface area contributed by atoms with Crippen molar-refractivity contribution >= 4 is 11.6 Å². The average Bonchev–Trinajstić information content (AvgIpc) is 2.42. The summed E-state index contributed by atoms with van der Waals surface area (Å²) in [6.45, 7) is 12.9. The molecule has 0 saturated heterocycles. The zero-order valence-corrected chi connectivity index (χ0v) is 15.0. The number of nitrogens with zero attached hydrogens (tertiary/aromatic N) is 1. The molecule has 1 unspecified atom stereocenters. The largest absolute Gasteiger partial charge is 0.329 e. The van der Waals surface area contributed by atoms with Crippen molar-refractivity contribution in [1.29, 1.82) is 0 Å². The predicted octanol–water partition coefficient (Wildman–Crippen LogP) is 4.79. The fourth-order valence-corrected chi connectivity index (χ4v) is 3.39. The minimum Gasteiger partial charge on any atom is -0.329 e. The molecule has 0 amide bonds. The van der Waals surface area contributed by atoms with Crippen molar-refractivity contribution in [1.82, 2.24) is 4.90 Å². The Morgan fingerprint density at radius 2 is 1.81 bits per heavy atom. The van der Waals surface area contributed by atoms with Crippen molar-refractivity contribution in [3.8, 4) is 0 Å². The molecule has 0 radical (unpaired) electrons. The summed E-state index contributed by atoms with van der Waals surface area (Å²) >= 11 is 6.10. The summed E-state index contributed by atoms with van der Waals surface area (Å²) in [5.74, 6) is 0.632. The predicted molar refractivity (Wildman–Crippen MR) is 93.9 cm³/mol. The van der Waals surface area contributed by atoms with Crippen molar-refractivity contribution in [3.63, 3.8) is 0 Å². The molecule has 0 spiro atoms. The molecule has 3 heteroatoms. The summed E-state index contributed by atoms with van der Waals surface area (Å²) in [6.07, 6.45) is 2.32. The maximum absolute atomic E-state index is 6.16. The number of hydrogen-bond acceptors (Lipinski definition) is 2. The summed E-state index contributed by atoms with van der Waals surface area (Å²) in [5, 5.41) is 0.796. The number of halogens is 1. The van der Waals surface area contributed by atoms with E-state index in [0.717, 1.165) is 24.4 Å². The first-order chi connectivity index (χ1) is 9.94. The summed E-state index contributed by atoms with van der Waals surface area (Å²) in [7, 11) is 0. The highest BCUT2D eigenvalue weighted by Gasteiger charge is 2.26. The molecule has 1 atom stereocenters. The number of aryl methyl sites for hydroxylation is 1. The van der Waals surface area contributed by atoms with Crippen LogP contribution in [0.3, 0.4) is 0 Å². The van der Waals surface area contributed by atoms with Crippen molar-refractivity contribution in [2.75, 3.05) is 13.1 Å². The lowest BCUT2D eigenvalue weighted by Crippen LogP contribution is -2.43. The Balaban J connectivity index is 3.16. The first-order valence-electron chi connectivity index (χ1n) is 8.16. The van der Waals surface area contributed by atoms with Crippen LogP contribution < -0.4 is 5.73 Å². The van der Waals surface area contributed by atoms with E-state index in [9.17, 15) is 0 Å². The summed E-state index contributed by atoms with van der Waals surface area (Å²) in [5.41, 5.74) is 8.71. The van der Waals surface area contributed by atoms with Gasteiger partial charge in [0.1, 0.15) is 0 Å². The Labute approximate surface area is 135 Å². The number of benzene rings is 1. The molecular weight excluding hydrogens is 280 g/mol. The normalized spacial score (nSPS) is 13.4. The molecule has 0 aliphatic carbocycles. The Kier molecular flexibility index (Phi) is 7.72. The lowest BCUT2D eigenvalue weighted by molar-refractivity contribution is 0.112. The SMILES string of the molecule is CCC(CC)N(CC(C)C)C(CN)c1ccc(Cl)cc1C. The molecule has 0 aliphatic heterocycles. The van der Waals surface area contributed by atoms with Gasteiger partial charge < -0.3 is 5.73 Å². The quantitative estimate of drug-likeness (QED) is 0.747. The summed E-state index contributed by atoms with van der Waals surface area (Å²) in [6, 6.07) is 7.02. The van der Waals surface area contributed by atoms with E-state index in [1.54, 1.807) is 0 Å². The van der Waals surface area contributed by atoms with Gasteiger partial charge >= 0.3 is 0 Å².